The minimum Gasteiger partial charge on any atom is -0.488 e. The van der Waals surface area contributed by atoms with Crippen LogP contribution in [-0.2, 0) is 19.5 Å². The second kappa shape index (κ2) is 6.50. The Morgan fingerprint density at radius 3 is 2.95 bits per heavy atom. The van der Waals surface area contributed by atoms with Gasteiger partial charge in [0.15, 0.2) is 0 Å². The van der Waals surface area contributed by atoms with Crippen LogP contribution in [0.5, 0.6) is 5.75 Å². The number of aryl methyl sites for hydroxylation is 1. The van der Waals surface area contributed by atoms with E-state index in [9.17, 15) is 0 Å². The van der Waals surface area contributed by atoms with Crippen LogP contribution in [0, 0.1) is 13.8 Å². The minimum atomic E-state index is 0.114. The molecule has 0 spiro atoms. The number of fused-ring (bicyclic) bond motifs is 1. The number of nitrogens with zero attached hydrogens (tertiary/aromatic N) is 2. The molecular weight excluding hydrogens is 278 g/mol. The van der Waals surface area contributed by atoms with Crippen molar-refractivity contribution in [2.24, 2.45) is 0 Å². The van der Waals surface area contributed by atoms with Crippen molar-refractivity contribution in [2.45, 2.75) is 39.5 Å². The van der Waals surface area contributed by atoms with Gasteiger partial charge in [0, 0.05) is 30.8 Å². The van der Waals surface area contributed by atoms with Gasteiger partial charge in [-0.2, -0.15) is 5.10 Å². The SMILES string of the molecule is Cc1nn(CCO)c(C)c1CNC[C@H]1Cc2ccccc2O1. The largest absolute Gasteiger partial charge is 0.488 e. The normalized spacial score (nSPS) is 16.6. The average Bonchev–Trinajstić information content (AvgIpc) is 3.03. The molecular formula is C17H23N3O2. The van der Waals surface area contributed by atoms with Crippen molar-refractivity contribution in [3.8, 4) is 5.75 Å². The van der Waals surface area contributed by atoms with Gasteiger partial charge in [-0.15, -0.1) is 0 Å². The Labute approximate surface area is 130 Å². The lowest BCUT2D eigenvalue weighted by atomic mass is 10.1. The van der Waals surface area contributed by atoms with Crippen molar-refractivity contribution in [3.05, 3.63) is 46.8 Å². The van der Waals surface area contributed by atoms with Crippen LogP contribution in [0.1, 0.15) is 22.5 Å². The van der Waals surface area contributed by atoms with Gasteiger partial charge in [-0.1, -0.05) is 18.2 Å². The molecule has 0 aliphatic carbocycles. The zero-order valence-corrected chi connectivity index (χ0v) is 13.2. The molecule has 0 radical (unpaired) electrons. The molecule has 0 saturated heterocycles. The van der Waals surface area contributed by atoms with Crippen LogP contribution >= 0.6 is 0 Å². The molecule has 0 fully saturated rings. The van der Waals surface area contributed by atoms with E-state index >= 15 is 0 Å². The Morgan fingerprint density at radius 2 is 2.18 bits per heavy atom. The number of nitrogens with one attached hydrogen (secondary N) is 1. The summed E-state index contributed by atoms with van der Waals surface area (Å²) in [6.07, 6.45) is 1.16. The third-order valence-corrected chi connectivity index (χ3v) is 4.23. The fraction of sp³-hybridized carbons (Fsp3) is 0.471. The van der Waals surface area contributed by atoms with Crippen molar-refractivity contribution in [3.63, 3.8) is 0 Å². The molecule has 1 aliphatic heterocycles. The quantitative estimate of drug-likeness (QED) is 0.850. The number of rotatable bonds is 6. The standard InChI is InChI=1S/C17H23N3O2/c1-12-16(13(2)20(19-12)7-8-21)11-18-10-15-9-14-5-3-4-6-17(14)22-15/h3-6,15,18,21H,7-11H2,1-2H3/t15-/m1/s1. The average molecular weight is 301 g/mol. The van der Waals surface area contributed by atoms with Gasteiger partial charge in [0.2, 0.25) is 0 Å². The van der Waals surface area contributed by atoms with E-state index in [2.05, 4.69) is 29.5 Å². The fourth-order valence-corrected chi connectivity index (χ4v) is 3.03. The highest BCUT2D eigenvalue weighted by Gasteiger charge is 2.22. The maximum Gasteiger partial charge on any atom is 0.123 e. The molecule has 1 atom stereocenters. The molecule has 0 bridgehead atoms. The molecule has 1 aromatic carbocycles. The third-order valence-electron chi connectivity index (χ3n) is 4.23. The van der Waals surface area contributed by atoms with Gasteiger partial charge in [0.1, 0.15) is 11.9 Å². The first kappa shape index (κ1) is 15.1. The first-order valence-corrected chi connectivity index (χ1v) is 7.78. The Balaban J connectivity index is 1.54. The van der Waals surface area contributed by atoms with Crippen LogP contribution in [0.3, 0.4) is 0 Å². The van der Waals surface area contributed by atoms with E-state index in [1.54, 1.807) is 0 Å². The number of benzene rings is 1. The first-order chi connectivity index (χ1) is 10.7. The summed E-state index contributed by atoms with van der Waals surface area (Å²) in [5.74, 6) is 1.01. The second-order valence-corrected chi connectivity index (χ2v) is 5.78. The second-order valence-electron chi connectivity index (χ2n) is 5.78. The number of hydrogen-bond donors (Lipinski definition) is 2. The van der Waals surface area contributed by atoms with Crippen molar-refractivity contribution in [1.29, 1.82) is 0 Å². The van der Waals surface area contributed by atoms with Gasteiger partial charge < -0.3 is 15.2 Å². The van der Waals surface area contributed by atoms with Crippen LogP contribution in [-0.4, -0.2) is 34.1 Å². The zero-order chi connectivity index (χ0) is 15.5. The molecule has 5 heteroatoms. The lowest BCUT2D eigenvalue weighted by Gasteiger charge is -2.12. The van der Waals surface area contributed by atoms with Crippen molar-refractivity contribution in [2.75, 3.05) is 13.2 Å². The highest BCUT2D eigenvalue weighted by atomic mass is 16.5. The van der Waals surface area contributed by atoms with Crippen LogP contribution < -0.4 is 10.1 Å². The van der Waals surface area contributed by atoms with Crippen molar-refractivity contribution in [1.82, 2.24) is 15.1 Å². The van der Waals surface area contributed by atoms with Crippen LogP contribution in [0.4, 0.5) is 0 Å². The molecule has 0 saturated carbocycles. The van der Waals surface area contributed by atoms with E-state index in [1.807, 2.05) is 23.7 Å². The summed E-state index contributed by atoms with van der Waals surface area (Å²) in [5.41, 5.74) is 4.64. The van der Waals surface area contributed by atoms with E-state index in [4.69, 9.17) is 9.84 Å². The smallest absolute Gasteiger partial charge is 0.123 e. The lowest BCUT2D eigenvalue weighted by molar-refractivity contribution is 0.227. The molecule has 0 amide bonds. The highest BCUT2D eigenvalue weighted by Crippen LogP contribution is 2.27. The molecule has 3 rings (SSSR count). The van der Waals surface area contributed by atoms with Crippen molar-refractivity contribution < 1.29 is 9.84 Å². The maximum atomic E-state index is 9.06. The maximum absolute atomic E-state index is 9.06. The van der Waals surface area contributed by atoms with Gasteiger partial charge in [-0.3, -0.25) is 4.68 Å². The fourth-order valence-electron chi connectivity index (χ4n) is 3.03. The molecule has 5 nitrogen and oxygen atoms in total. The van der Waals surface area contributed by atoms with Gasteiger partial charge >= 0.3 is 0 Å². The monoisotopic (exact) mass is 301 g/mol. The summed E-state index contributed by atoms with van der Waals surface area (Å²) < 4.78 is 7.80. The molecule has 1 aliphatic rings. The van der Waals surface area contributed by atoms with Gasteiger partial charge in [-0.25, -0.2) is 0 Å². The summed E-state index contributed by atoms with van der Waals surface area (Å²) in [5, 5.41) is 17.0. The van der Waals surface area contributed by atoms with E-state index in [1.165, 1.54) is 11.1 Å². The molecule has 22 heavy (non-hydrogen) atoms. The summed E-state index contributed by atoms with van der Waals surface area (Å²) in [7, 11) is 0. The van der Waals surface area contributed by atoms with Crippen LogP contribution in [0.25, 0.3) is 0 Å². The van der Waals surface area contributed by atoms with Gasteiger partial charge in [-0.05, 0) is 25.5 Å². The van der Waals surface area contributed by atoms with E-state index in [0.717, 1.165) is 36.6 Å². The number of para-hydroxylation sites is 1. The van der Waals surface area contributed by atoms with Crippen LogP contribution in [0.15, 0.2) is 24.3 Å². The molecule has 0 unspecified atom stereocenters. The highest BCUT2D eigenvalue weighted by molar-refractivity contribution is 5.37. The predicted molar refractivity (Wildman–Crippen MR) is 85.1 cm³/mol. The Hall–Kier alpha value is -1.85. The summed E-state index contributed by atoms with van der Waals surface area (Å²) in [6, 6.07) is 8.22. The van der Waals surface area contributed by atoms with E-state index in [0.29, 0.717) is 6.54 Å². The summed E-state index contributed by atoms with van der Waals surface area (Å²) in [6.45, 7) is 6.32. The molecule has 1 aromatic heterocycles. The van der Waals surface area contributed by atoms with Gasteiger partial charge in [0.05, 0.1) is 18.8 Å². The molecule has 118 valence electrons. The number of aliphatic hydroxyl groups is 1. The van der Waals surface area contributed by atoms with E-state index in [-0.39, 0.29) is 12.7 Å². The Bertz CT molecular complexity index is 626. The van der Waals surface area contributed by atoms with Crippen molar-refractivity contribution >= 4 is 0 Å². The first-order valence-electron chi connectivity index (χ1n) is 7.78. The van der Waals surface area contributed by atoms with Gasteiger partial charge in [0.25, 0.3) is 0 Å². The predicted octanol–water partition coefficient (Wildman–Crippen LogP) is 1.59. The topological polar surface area (TPSA) is 59.3 Å². The minimum absolute atomic E-state index is 0.114. The number of aliphatic hydroxyl groups excluding tert-OH is 1. The summed E-state index contributed by atoms with van der Waals surface area (Å²) >= 11 is 0. The number of ether oxygens (including phenoxy) is 1. The van der Waals surface area contributed by atoms with E-state index < -0.39 is 0 Å². The molecule has 2 N–H and O–H groups in total. The third kappa shape index (κ3) is 3.00. The Morgan fingerprint density at radius 1 is 1.36 bits per heavy atom. The number of aromatic nitrogens is 2. The molecule has 2 heterocycles. The zero-order valence-electron chi connectivity index (χ0n) is 13.2. The lowest BCUT2D eigenvalue weighted by Crippen LogP contribution is -2.30. The summed E-state index contributed by atoms with van der Waals surface area (Å²) in [4.78, 5) is 0. The van der Waals surface area contributed by atoms with Crippen LogP contribution in [0.2, 0.25) is 0 Å². The number of hydrogen-bond acceptors (Lipinski definition) is 4. The Kier molecular flexibility index (Phi) is 4.45. The molecule has 2 aromatic rings.